The van der Waals surface area contributed by atoms with Crippen LogP contribution in [0.25, 0.3) is 6.08 Å². The second-order valence-corrected chi connectivity index (χ2v) is 12.0. The molecule has 1 amide bonds. The molecular weight excluding hydrogens is 579 g/mol. The lowest BCUT2D eigenvalue weighted by Crippen LogP contribution is -2.29. The largest absolute Gasteiger partial charge is 0.516 e. The Morgan fingerprint density at radius 2 is 1.56 bits per heavy atom. The molecule has 3 aromatic carbocycles. The highest BCUT2D eigenvalue weighted by molar-refractivity contribution is 8.18. The summed E-state index contributed by atoms with van der Waals surface area (Å²) in [6, 6.07) is 19.9. The minimum atomic E-state index is -5.52. The molecule has 0 bridgehead atoms. The van der Waals surface area contributed by atoms with Crippen molar-refractivity contribution in [1.29, 1.82) is 0 Å². The van der Waals surface area contributed by atoms with Crippen molar-refractivity contribution in [3.63, 3.8) is 0 Å². The first-order chi connectivity index (χ1) is 19.4. The number of sulfonamides is 1. The maximum absolute atomic E-state index is 12.5. The normalized spacial score (nSPS) is 15.8. The Morgan fingerprint density at radius 1 is 0.951 bits per heavy atom. The Morgan fingerprint density at radius 3 is 2.17 bits per heavy atom. The number of hydrogen-bond donors (Lipinski definition) is 2. The molecule has 13 heteroatoms. The smallest absolute Gasteiger partial charge is 0.493 e. The third-order valence-electron chi connectivity index (χ3n) is 5.40. The van der Waals surface area contributed by atoms with E-state index in [0.29, 0.717) is 35.5 Å². The Labute approximate surface area is 239 Å². The Hall–Kier alpha value is -3.97. The highest BCUT2D eigenvalue weighted by Crippen LogP contribution is 2.30. The van der Waals surface area contributed by atoms with E-state index in [1.807, 2.05) is 36.4 Å². The van der Waals surface area contributed by atoms with Crippen LogP contribution in [0.2, 0.25) is 0 Å². The fraction of sp³-hybridized carbons (Fsp3) is 0.214. The fourth-order valence-electron chi connectivity index (χ4n) is 3.34. The van der Waals surface area contributed by atoms with Crippen molar-refractivity contribution in [3.8, 4) is 11.5 Å². The summed E-state index contributed by atoms with van der Waals surface area (Å²) in [4.78, 5) is 17.1. The minimum Gasteiger partial charge on any atom is -0.493 e. The average molecular weight is 606 g/mol. The number of thioether (sulfide) groups is 1. The van der Waals surface area contributed by atoms with Crippen LogP contribution >= 0.6 is 11.8 Å². The van der Waals surface area contributed by atoms with Crippen molar-refractivity contribution in [2.75, 3.05) is 11.3 Å². The number of carbonyl (C=O) groups is 1. The number of amidine groups is 1. The predicted molar refractivity (Wildman–Crippen MR) is 153 cm³/mol. The number of amides is 1. The molecule has 0 saturated carbocycles. The van der Waals surface area contributed by atoms with Gasteiger partial charge >= 0.3 is 15.5 Å². The van der Waals surface area contributed by atoms with E-state index in [0.717, 1.165) is 40.8 Å². The average Bonchev–Trinajstić information content (AvgIpc) is 3.26. The van der Waals surface area contributed by atoms with Crippen LogP contribution in [0.5, 0.6) is 11.5 Å². The van der Waals surface area contributed by atoms with E-state index in [2.05, 4.69) is 24.2 Å². The molecule has 3 aromatic rings. The molecule has 216 valence electrons. The van der Waals surface area contributed by atoms with Gasteiger partial charge < -0.3 is 14.8 Å². The number of halogens is 3. The maximum Gasteiger partial charge on any atom is 0.516 e. The summed E-state index contributed by atoms with van der Waals surface area (Å²) < 4.78 is 73.1. The van der Waals surface area contributed by atoms with E-state index in [4.69, 9.17) is 9.47 Å². The first-order valence-electron chi connectivity index (χ1n) is 12.3. The summed E-state index contributed by atoms with van der Waals surface area (Å²) in [5, 5.41) is 2.89. The van der Waals surface area contributed by atoms with E-state index in [1.54, 1.807) is 18.2 Å². The fourth-order valence-corrected chi connectivity index (χ4v) is 4.74. The molecule has 2 N–H and O–H groups in total. The zero-order valence-electron chi connectivity index (χ0n) is 21.9. The molecule has 1 saturated heterocycles. The molecule has 4 rings (SSSR count). The lowest BCUT2D eigenvalue weighted by Gasteiger charge is -2.10. The number of hydrogen-bond acceptors (Lipinski definition) is 7. The number of carbonyl (C=O) groups excluding carboxylic acids is 1. The number of rotatable bonds is 10. The third-order valence-corrected chi connectivity index (χ3v) is 7.42. The maximum atomic E-state index is 12.5. The lowest BCUT2D eigenvalue weighted by atomic mass is 10.2. The van der Waals surface area contributed by atoms with E-state index >= 15 is 0 Å². The number of alkyl halides is 3. The molecule has 0 unspecified atom stereocenters. The van der Waals surface area contributed by atoms with Gasteiger partial charge in [-0.3, -0.25) is 9.52 Å². The summed E-state index contributed by atoms with van der Waals surface area (Å²) in [7, 11) is -5.52. The van der Waals surface area contributed by atoms with Crippen LogP contribution in [0.3, 0.4) is 0 Å². The van der Waals surface area contributed by atoms with Gasteiger partial charge in [0.1, 0.15) is 18.1 Å². The molecule has 0 aromatic heterocycles. The standard InChI is InChI=1S/C28H26F3N3O5S2/c1-18(2)16-38-23-13-5-20(6-14-23)17-39-24-11-3-19(4-12-24)15-25-26(35)33-27(40-25)32-21-7-9-22(10-8-21)34-41(36,37)28(29,30)31/h3-15,18,34H,16-17H2,1-2H3,(H,32,33,35). The van der Waals surface area contributed by atoms with Crippen LogP contribution in [-0.4, -0.2) is 31.6 Å². The van der Waals surface area contributed by atoms with Gasteiger partial charge in [-0.25, -0.2) is 4.99 Å². The molecule has 8 nitrogen and oxygen atoms in total. The SMILES string of the molecule is CC(C)COc1ccc(COc2ccc(C=C3SC(=Nc4ccc(NS(=O)(=O)C(F)(F)F)cc4)NC3=O)cc2)cc1. The molecule has 0 spiro atoms. The highest BCUT2D eigenvalue weighted by atomic mass is 32.2. The van der Waals surface area contributed by atoms with Crippen LogP contribution in [0.1, 0.15) is 25.0 Å². The highest BCUT2D eigenvalue weighted by Gasteiger charge is 2.46. The zero-order chi connectivity index (χ0) is 29.6. The van der Waals surface area contributed by atoms with Gasteiger partial charge in [0.15, 0.2) is 5.17 Å². The first-order valence-corrected chi connectivity index (χ1v) is 14.6. The van der Waals surface area contributed by atoms with Crippen LogP contribution in [0.15, 0.2) is 82.7 Å². The minimum absolute atomic E-state index is 0.269. The third kappa shape index (κ3) is 8.51. The zero-order valence-corrected chi connectivity index (χ0v) is 23.6. The Bertz CT molecular complexity index is 1540. The number of anilines is 1. The molecular formula is C28H26F3N3O5S2. The molecule has 0 radical (unpaired) electrons. The van der Waals surface area contributed by atoms with Gasteiger partial charge in [0, 0.05) is 5.69 Å². The van der Waals surface area contributed by atoms with Crippen molar-refractivity contribution in [2.24, 2.45) is 10.9 Å². The predicted octanol–water partition coefficient (Wildman–Crippen LogP) is 6.45. The molecule has 41 heavy (non-hydrogen) atoms. The Kier molecular flexibility index (Phi) is 9.28. The van der Waals surface area contributed by atoms with Crippen molar-refractivity contribution in [3.05, 3.63) is 88.8 Å². The molecule has 1 heterocycles. The van der Waals surface area contributed by atoms with Crippen molar-refractivity contribution in [2.45, 2.75) is 26.0 Å². The van der Waals surface area contributed by atoms with Crippen LogP contribution in [-0.2, 0) is 21.4 Å². The van der Waals surface area contributed by atoms with Gasteiger partial charge in [0.25, 0.3) is 5.91 Å². The van der Waals surface area contributed by atoms with Gasteiger partial charge in [-0.2, -0.15) is 21.6 Å². The van der Waals surface area contributed by atoms with E-state index in [1.165, 1.54) is 16.9 Å². The number of aliphatic imine (C=N–C) groups is 1. The molecule has 1 aliphatic rings. The summed E-state index contributed by atoms with van der Waals surface area (Å²) in [6.07, 6.45) is 1.69. The second kappa shape index (κ2) is 12.7. The van der Waals surface area contributed by atoms with Gasteiger partial charge in [-0.05, 0) is 83.4 Å². The Balaban J connectivity index is 1.32. The number of benzene rings is 3. The summed E-state index contributed by atoms with van der Waals surface area (Å²) in [5.74, 6) is 1.57. The molecule has 1 aliphatic heterocycles. The van der Waals surface area contributed by atoms with Crippen molar-refractivity contribution >= 4 is 50.3 Å². The number of ether oxygens (including phenoxy) is 2. The van der Waals surface area contributed by atoms with E-state index < -0.39 is 15.5 Å². The summed E-state index contributed by atoms with van der Waals surface area (Å²) >= 11 is 1.09. The van der Waals surface area contributed by atoms with Gasteiger partial charge in [0.2, 0.25) is 0 Å². The van der Waals surface area contributed by atoms with E-state index in [-0.39, 0.29) is 16.8 Å². The van der Waals surface area contributed by atoms with Crippen molar-refractivity contribution in [1.82, 2.24) is 5.32 Å². The second-order valence-electron chi connectivity index (χ2n) is 9.29. The lowest BCUT2D eigenvalue weighted by molar-refractivity contribution is -0.115. The van der Waals surface area contributed by atoms with Crippen molar-refractivity contribution < 1.29 is 35.9 Å². The first kappa shape index (κ1) is 30.0. The summed E-state index contributed by atoms with van der Waals surface area (Å²) in [6.45, 7) is 5.23. The quantitative estimate of drug-likeness (QED) is 0.257. The van der Waals surface area contributed by atoms with Crippen LogP contribution < -0.4 is 19.5 Å². The number of nitrogens with zero attached hydrogens (tertiary/aromatic N) is 1. The monoisotopic (exact) mass is 605 g/mol. The molecule has 1 fully saturated rings. The van der Waals surface area contributed by atoms with Gasteiger partial charge in [-0.1, -0.05) is 38.1 Å². The molecule has 0 aliphatic carbocycles. The van der Waals surface area contributed by atoms with Crippen LogP contribution in [0.4, 0.5) is 24.5 Å². The number of nitrogens with one attached hydrogen (secondary N) is 2. The van der Waals surface area contributed by atoms with Gasteiger partial charge in [0.05, 0.1) is 17.2 Å². The molecule has 0 atom stereocenters. The summed E-state index contributed by atoms with van der Waals surface area (Å²) in [5.41, 5.74) is -3.63. The van der Waals surface area contributed by atoms with Gasteiger partial charge in [-0.15, -0.1) is 0 Å². The van der Waals surface area contributed by atoms with Crippen LogP contribution in [0, 0.1) is 5.92 Å². The van der Waals surface area contributed by atoms with E-state index in [9.17, 15) is 26.4 Å². The topological polar surface area (TPSA) is 106 Å².